The third kappa shape index (κ3) is 4.27. The number of likely N-dealkylation sites (tertiary alicyclic amines) is 1. The third-order valence-electron chi connectivity index (χ3n) is 5.55. The molecule has 1 amide bonds. The van der Waals surface area contributed by atoms with Crippen molar-refractivity contribution in [2.45, 2.75) is 25.7 Å². The van der Waals surface area contributed by atoms with E-state index in [0.29, 0.717) is 0 Å². The van der Waals surface area contributed by atoms with Crippen LogP contribution in [0.5, 0.6) is 5.75 Å². The van der Waals surface area contributed by atoms with Crippen LogP contribution in [0.3, 0.4) is 0 Å². The van der Waals surface area contributed by atoms with Crippen LogP contribution in [0.4, 0.5) is 5.69 Å². The smallest absolute Gasteiger partial charge is 0.265 e. The lowest BCUT2D eigenvalue weighted by Gasteiger charge is -2.16. The fourth-order valence-electron chi connectivity index (χ4n) is 4.23. The van der Waals surface area contributed by atoms with E-state index < -0.39 is 0 Å². The second-order valence-electron chi connectivity index (χ2n) is 7.37. The molecular formula is C21H26N2O2S. The number of nitrogens with zero attached hydrogens (tertiary/aromatic N) is 1. The number of benzene rings is 1. The van der Waals surface area contributed by atoms with Gasteiger partial charge in [0.1, 0.15) is 5.75 Å². The molecule has 2 aliphatic rings. The first kappa shape index (κ1) is 17.6. The summed E-state index contributed by atoms with van der Waals surface area (Å²) in [6.07, 6.45) is 5.38. The van der Waals surface area contributed by atoms with Gasteiger partial charge in [-0.3, -0.25) is 4.79 Å². The second kappa shape index (κ2) is 8.23. The summed E-state index contributed by atoms with van der Waals surface area (Å²) < 4.78 is 5.85. The number of thiophene rings is 1. The van der Waals surface area contributed by atoms with Crippen LogP contribution >= 0.6 is 11.3 Å². The van der Waals surface area contributed by atoms with E-state index in [-0.39, 0.29) is 5.91 Å². The Labute approximate surface area is 159 Å². The highest BCUT2D eigenvalue weighted by molar-refractivity contribution is 7.12. The van der Waals surface area contributed by atoms with E-state index in [2.05, 4.69) is 10.2 Å². The van der Waals surface area contributed by atoms with Crippen LogP contribution in [0.25, 0.3) is 0 Å². The Bertz CT molecular complexity index is 702. The number of nitrogens with one attached hydrogen (secondary N) is 1. The van der Waals surface area contributed by atoms with Crippen LogP contribution in [-0.4, -0.2) is 37.0 Å². The highest BCUT2D eigenvalue weighted by Crippen LogP contribution is 2.37. The number of rotatable bonds is 7. The summed E-state index contributed by atoms with van der Waals surface area (Å²) in [6.45, 7) is 4.47. The van der Waals surface area contributed by atoms with E-state index in [1.807, 2.05) is 41.8 Å². The minimum absolute atomic E-state index is 0.0657. The van der Waals surface area contributed by atoms with Gasteiger partial charge in [0.2, 0.25) is 0 Å². The topological polar surface area (TPSA) is 41.6 Å². The van der Waals surface area contributed by atoms with Gasteiger partial charge in [0.05, 0.1) is 11.5 Å². The van der Waals surface area contributed by atoms with Crippen molar-refractivity contribution >= 4 is 22.9 Å². The maximum absolute atomic E-state index is 12.0. The van der Waals surface area contributed by atoms with Crippen LogP contribution in [0, 0.1) is 11.8 Å². The van der Waals surface area contributed by atoms with E-state index in [9.17, 15) is 4.79 Å². The Balaban J connectivity index is 1.17. The minimum atomic E-state index is -0.0657. The van der Waals surface area contributed by atoms with Crippen molar-refractivity contribution in [2.24, 2.45) is 11.8 Å². The number of fused-ring (bicyclic) bond motifs is 1. The van der Waals surface area contributed by atoms with Crippen molar-refractivity contribution in [3.8, 4) is 5.75 Å². The van der Waals surface area contributed by atoms with E-state index in [1.165, 1.54) is 43.7 Å². The van der Waals surface area contributed by atoms with E-state index in [4.69, 9.17) is 4.74 Å². The van der Waals surface area contributed by atoms with Crippen molar-refractivity contribution in [2.75, 3.05) is 31.6 Å². The van der Waals surface area contributed by atoms with E-state index in [1.54, 1.807) is 0 Å². The van der Waals surface area contributed by atoms with Gasteiger partial charge >= 0.3 is 0 Å². The monoisotopic (exact) mass is 370 g/mol. The standard InChI is InChI=1S/C21H26N2O2S/c24-21(20-6-2-13-26-20)22-18-7-9-19(10-8-18)25-12-3-11-23-14-16-4-1-5-17(16)15-23/h2,6-10,13,16-17H,1,3-5,11-12,14-15H2,(H,22,24). The number of carbonyl (C=O) groups is 1. The first-order valence-corrected chi connectivity index (χ1v) is 10.5. The molecule has 2 fully saturated rings. The minimum Gasteiger partial charge on any atom is -0.494 e. The summed E-state index contributed by atoms with van der Waals surface area (Å²) in [5.41, 5.74) is 0.791. The van der Waals surface area contributed by atoms with Crippen molar-refractivity contribution in [1.29, 1.82) is 0 Å². The molecular weight excluding hydrogens is 344 g/mol. The Morgan fingerprint density at radius 3 is 2.62 bits per heavy atom. The molecule has 1 saturated carbocycles. The lowest BCUT2D eigenvalue weighted by molar-refractivity contribution is 0.103. The molecule has 0 bridgehead atoms. The number of hydrogen-bond acceptors (Lipinski definition) is 4. The number of carbonyl (C=O) groups excluding carboxylic acids is 1. The maximum atomic E-state index is 12.0. The second-order valence-corrected chi connectivity index (χ2v) is 8.32. The van der Waals surface area contributed by atoms with Crippen LogP contribution < -0.4 is 10.1 Å². The van der Waals surface area contributed by atoms with E-state index in [0.717, 1.165) is 47.7 Å². The van der Waals surface area contributed by atoms with Crippen LogP contribution in [0.2, 0.25) is 0 Å². The van der Waals surface area contributed by atoms with Crippen molar-refractivity contribution in [3.63, 3.8) is 0 Å². The largest absolute Gasteiger partial charge is 0.494 e. The van der Waals surface area contributed by atoms with E-state index >= 15 is 0 Å². The number of hydrogen-bond donors (Lipinski definition) is 1. The SMILES string of the molecule is O=C(Nc1ccc(OCCCN2CC3CCCC3C2)cc1)c1cccs1. The third-order valence-corrected chi connectivity index (χ3v) is 6.42. The molecule has 1 aliphatic carbocycles. The summed E-state index contributed by atoms with van der Waals surface area (Å²) in [6, 6.07) is 11.3. The lowest BCUT2D eigenvalue weighted by Crippen LogP contribution is -2.24. The molecule has 0 radical (unpaired) electrons. The van der Waals surface area contributed by atoms with Gasteiger partial charge in [-0.15, -0.1) is 11.3 Å². The maximum Gasteiger partial charge on any atom is 0.265 e. The summed E-state index contributed by atoms with van der Waals surface area (Å²) >= 11 is 1.44. The van der Waals surface area contributed by atoms with Gasteiger partial charge in [-0.25, -0.2) is 0 Å². The number of ether oxygens (including phenoxy) is 1. The van der Waals surface area contributed by atoms with Gasteiger partial charge in [-0.2, -0.15) is 0 Å². The molecule has 2 aromatic rings. The highest BCUT2D eigenvalue weighted by atomic mass is 32.1. The summed E-state index contributed by atoms with van der Waals surface area (Å²) in [4.78, 5) is 15.4. The Hall–Kier alpha value is -1.85. The molecule has 1 N–H and O–H groups in total. The van der Waals surface area contributed by atoms with Gasteiger partial charge in [0.15, 0.2) is 0 Å². The molecule has 4 rings (SSSR count). The highest BCUT2D eigenvalue weighted by Gasteiger charge is 2.35. The van der Waals surface area contributed by atoms with Gasteiger partial charge < -0.3 is 15.0 Å². The van der Waals surface area contributed by atoms with Crippen LogP contribution in [0.1, 0.15) is 35.4 Å². The molecule has 1 aromatic heterocycles. The Kier molecular flexibility index (Phi) is 5.56. The zero-order valence-corrected chi connectivity index (χ0v) is 15.8. The van der Waals surface area contributed by atoms with Crippen molar-refractivity contribution in [1.82, 2.24) is 4.90 Å². The van der Waals surface area contributed by atoms with Gasteiger partial charge in [-0.1, -0.05) is 12.5 Å². The lowest BCUT2D eigenvalue weighted by atomic mass is 10.0. The van der Waals surface area contributed by atoms with Crippen molar-refractivity contribution < 1.29 is 9.53 Å². The normalized spacial score (nSPS) is 22.3. The van der Waals surface area contributed by atoms with Crippen LogP contribution in [0.15, 0.2) is 41.8 Å². The van der Waals surface area contributed by atoms with Crippen LogP contribution in [-0.2, 0) is 0 Å². The molecule has 2 heterocycles. The van der Waals surface area contributed by atoms with Gasteiger partial charge in [-0.05, 0) is 66.8 Å². The zero-order valence-electron chi connectivity index (χ0n) is 15.0. The summed E-state index contributed by atoms with van der Waals surface area (Å²) in [5, 5.41) is 4.81. The number of anilines is 1. The molecule has 5 heteroatoms. The molecule has 0 spiro atoms. The first-order chi connectivity index (χ1) is 12.8. The molecule has 1 aromatic carbocycles. The average Bonchev–Trinajstić information content (AvgIpc) is 3.37. The predicted molar refractivity (Wildman–Crippen MR) is 106 cm³/mol. The average molecular weight is 371 g/mol. The Morgan fingerprint density at radius 2 is 1.92 bits per heavy atom. The summed E-state index contributed by atoms with van der Waals surface area (Å²) in [5.74, 6) is 2.72. The zero-order chi connectivity index (χ0) is 17.8. The molecule has 1 aliphatic heterocycles. The molecule has 2 unspecified atom stereocenters. The summed E-state index contributed by atoms with van der Waals surface area (Å²) in [7, 11) is 0. The van der Waals surface area contributed by atoms with Gasteiger partial charge in [0.25, 0.3) is 5.91 Å². The number of amides is 1. The first-order valence-electron chi connectivity index (χ1n) is 9.58. The van der Waals surface area contributed by atoms with Crippen molar-refractivity contribution in [3.05, 3.63) is 46.7 Å². The molecule has 4 nitrogen and oxygen atoms in total. The fourth-order valence-corrected chi connectivity index (χ4v) is 4.85. The molecule has 26 heavy (non-hydrogen) atoms. The van der Waals surface area contributed by atoms with Gasteiger partial charge in [0, 0.05) is 25.3 Å². The predicted octanol–water partition coefficient (Wildman–Crippen LogP) is 4.50. The molecule has 138 valence electrons. The Morgan fingerprint density at radius 1 is 1.15 bits per heavy atom. The molecule has 1 saturated heterocycles. The quantitative estimate of drug-likeness (QED) is 0.730. The molecule has 2 atom stereocenters. The fraction of sp³-hybridized carbons (Fsp3) is 0.476.